The first-order valence-corrected chi connectivity index (χ1v) is 3.45. The van der Waals surface area contributed by atoms with Crippen LogP contribution < -0.4 is 5.32 Å². The van der Waals surface area contributed by atoms with Gasteiger partial charge >= 0.3 is 0 Å². The molecular formula is C7H13N3O. The molecule has 1 aromatic heterocycles. The Hall–Kier alpha value is -1.16. The topological polar surface area (TPSA) is 40.4 Å². The summed E-state index contributed by atoms with van der Waals surface area (Å²) in [5.74, 6) is 0.707. The van der Waals surface area contributed by atoms with Crippen LogP contribution >= 0.6 is 0 Å². The zero-order valence-electron chi connectivity index (χ0n) is 6.78. The van der Waals surface area contributed by atoms with Crippen molar-refractivity contribution in [3.8, 4) is 0 Å². The maximum absolute atomic E-state index is 9.10. The van der Waals surface area contributed by atoms with Gasteiger partial charge in [-0.3, -0.25) is 4.90 Å². The van der Waals surface area contributed by atoms with E-state index in [9.17, 15) is 0 Å². The number of anilines is 1. The molecule has 0 aliphatic rings. The second-order valence-corrected chi connectivity index (χ2v) is 2.65. The molecule has 4 nitrogen and oxygen atoms in total. The lowest BCUT2D eigenvalue weighted by Gasteiger charge is -2.11. The molecule has 1 rings (SSSR count). The van der Waals surface area contributed by atoms with Crippen LogP contribution in [0.25, 0.3) is 0 Å². The molecule has 0 spiro atoms. The van der Waals surface area contributed by atoms with E-state index >= 15 is 0 Å². The molecule has 0 bridgehead atoms. The highest BCUT2D eigenvalue weighted by Crippen LogP contribution is 2.04. The highest BCUT2D eigenvalue weighted by Gasteiger charge is 1.96. The van der Waals surface area contributed by atoms with E-state index in [0.717, 1.165) is 4.73 Å². The van der Waals surface area contributed by atoms with E-state index in [0.29, 0.717) is 12.5 Å². The molecule has 1 aromatic rings. The van der Waals surface area contributed by atoms with Crippen molar-refractivity contribution in [1.29, 1.82) is 0 Å². The number of nitrogens with one attached hydrogen (secondary N) is 1. The van der Waals surface area contributed by atoms with E-state index in [4.69, 9.17) is 5.21 Å². The summed E-state index contributed by atoms with van der Waals surface area (Å²) in [6.07, 6.45) is 1.58. The average Bonchev–Trinajstić information content (AvgIpc) is 2.31. The Morgan fingerprint density at radius 3 is 2.82 bits per heavy atom. The third kappa shape index (κ3) is 2.16. The van der Waals surface area contributed by atoms with Crippen molar-refractivity contribution >= 4 is 5.82 Å². The van der Waals surface area contributed by atoms with Crippen LogP contribution in [0.3, 0.4) is 0 Å². The van der Waals surface area contributed by atoms with Gasteiger partial charge in [-0.1, -0.05) is 0 Å². The van der Waals surface area contributed by atoms with Crippen molar-refractivity contribution in [2.24, 2.45) is 0 Å². The van der Waals surface area contributed by atoms with Crippen molar-refractivity contribution in [2.45, 2.75) is 0 Å². The molecule has 0 aliphatic carbocycles. The summed E-state index contributed by atoms with van der Waals surface area (Å²) in [4.78, 5) is 1.98. The highest BCUT2D eigenvalue weighted by atomic mass is 16.5. The van der Waals surface area contributed by atoms with Crippen molar-refractivity contribution in [3.63, 3.8) is 0 Å². The molecule has 1 heterocycles. The zero-order chi connectivity index (χ0) is 8.27. The smallest absolute Gasteiger partial charge is 0.143 e. The fraction of sp³-hybridized carbons (Fsp3) is 0.429. The molecule has 2 N–H and O–H groups in total. The molecule has 62 valence electrons. The maximum atomic E-state index is 9.10. The molecular weight excluding hydrogens is 142 g/mol. The average molecular weight is 155 g/mol. The second-order valence-electron chi connectivity index (χ2n) is 2.65. The van der Waals surface area contributed by atoms with E-state index in [1.807, 2.05) is 25.1 Å². The van der Waals surface area contributed by atoms with Gasteiger partial charge in [0.05, 0.1) is 6.67 Å². The van der Waals surface area contributed by atoms with E-state index in [-0.39, 0.29) is 0 Å². The van der Waals surface area contributed by atoms with Crippen LogP contribution in [0.5, 0.6) is 0 Å². The second kappa shape index (κ2) is 3.30. The Labute approximate surface area is 66.0 Å². The summed E-state index contributed by atoms with van der Waals surface area (Å²) in [5, 5.41) is 12.1. The minimum atomic E-state index is 0.707. The lowest BCUT2D eigenvalue weighted by molar-refractivity contribution is 0.192. The zero-order valence-corrected chi connectivity index (χ0v) is 6.78. The standard InChI is InChI=1S/C7H13N3O/c1-9(2)6-8-7-4-3-5-10(7)11/h3-5,8,11H,6H2,1-2H3. The Kier molecular flexibility index (Phi) is 2.38. The Balaban J connectivity index is 2.44. The van der Waals surface area contributed by atoms with Crippen molar-refractivity contribution in [2.75, 3.05) is 26.1 Å². The van der Waals surface area contributed by atoms with Gasteiger partial charge in [0.1, 0.15) is 5.82 Å². The van der Waals surface area contributed by atoms with Crippen LogP contribution in [0.2, 0.25) is 0 Å². The van der Waals surface area contributed by atoms with Crippen LogP contribution in [0, 0.1) is 0 Å². The summed E-state index contributed by atoms with van der Waals surface area (Å²) in [6.45, 7) is 0.713. The number of nitrogens with zero attached hydrogens (tertiary/aromatic N) is 2. The first kappa shape index (κ1) is 7.94. The first-order valence-electron chi connectivity index (χ1n) is 3.45. The highest BCUT2D eigenvalue weighted by molar-refractivity contribution is 5.34. The van der Waals surface area contributed by atoms with Gasteiger partial charge in [-0.15, -0.1) is 0 Å². The van der Waals surface area contributed by atoms with E-state index in [1.54, 1.807) is 12.3 Å². The summed E-state index contributed by atoms with van der Waals surface area (Å²) in [6, 6.07) is 3.58. The fourth-order valence-corrected chi connectivity index (χ4v) is 0.751. The number of hydrogen-bond donors (Lipinski definition) is 2. The van der Waals surface area contributed by atoms with Gasteiger partial charge in [0.2, 0.25) is 0 Å². The number of rotatable bonds is 3. The molecule has 0 aromatic carbocycles. The van der Waals surface area contributed by atoms with Crippen LogP contribution in [-0.4, -0.2) is 35.6 Å². The summed E-state index contributed by atoms with van der Waals surface area (Å²) >= 11 is 0. The molecule has 4 heteroatoms. The van der Waals surface area contributed by atoms with E-state index in [2.05, 4.69) is 5.32 Å². The predicted octanol–water partition coefficient (Wildman–Crippen LogP) is 0.656. The third-order valence-corrected chi connectivity index (χ3v) is 1.30. The van der Waals surface area contributed by atoms with E-state index in [1.165, 1.54) is 0 Å². The molecule has 0 fully saturated rings. The normalized spacial score (nSPS) is 10.5. The molecule has 0 radical (unpaired) electrons. The van der Waals surface area contributed by atoms with Gasteiger partial charge in [-0.05, 0) is 26.2 Å². The SMILES string of the molecule is CN(C)CNc1cccn1O. The van der Waals surface area contributed by atoms with Crippen molar-refractivity contribution in [1.82, 2.24) is 9.63 Å². The maximum Gasteiger partial charge on any atom is 0.143 e. The van der Waals surface area contributed by atoms with Gasteiger partial charge in [0.25, 0.3) is 0 Å². The van der Waals surface area contributed by atoms with Gasteiger partial charge < -0.3 is 10.5 Å². The van der Waals surface area contributed by atoms with E-state index < -0.39 is 0 Å². The minimum Gasteiger partial charge on any atom is -0.427 e. The molecule has 0 saturated carbocycles. The quantitative estimate of drug-likeness (QED) is 0.497. The Morgan fingerprint density at radius 1 is 1.64 bits per heavy atom. The summed E-state index contributed by atoms with van der Waals surface area (Å²) in [5.41, 5.74) is 0. The van der Waals surface area contributed by atoms with Gasteiger partial charge in [0, 0.05) is 6.20 Å². The molecule has 0 saturated heterocycles. The Bertz CT molecular complexity index is 219. The van der Waals surface area contributed by atoms with Gasteiger partial charge in [-0.25, -0.2) is 0 Å². The monoisotopic (exact) mass is 155 g/mol. The van der Waals surface area contributed by atoms with Gasteiger partial charge in [-0.2, -0.15) is 4.73 Å². The third-order valence-electron chi connectivity index (χ3n) is 1.30. The van der Waals surface area contributed by atoms with Crippen LogP contribution in [-0.2, 0) is 0 Å². The Morgan fingerprint density at radius 2 is 2.36 bits per heavy atom. The summed E-state index contributed by atoms with van der Waals surface area (Å²) < 4.78 is 1.06. The molecule has 0 unspecified atom stereocenters. The molecule has 0 aliphatic heterocycles. The van der Waals surface area contributed by atoms with Crippen molar-refractivity contribution in [3.05, 3.63) is 18.3 Å². The lowest BCUT2D eigenvalue weighted by Crippen LogP contribution is -2.21. The summed E-state index contributed by atoms with van der Waals surface area (Å²) in [7, 11) is 3.91. The predicted molar refractivity (Wildman–Crippen MR) is 43.8 cm³/mol. The van der Waals surface area contributed by atoms with Gasteiger partial charge in [0.15, 0.2) is 0 Å². The number of hydrogen-bond acceptors (Lipinski definition) is 3. The van der Waals surface area contributed by atoms with Crippen LogP contribution in [0.4, 0.5) is 5.82 Å². The molecule has 0 amide bonds. The molecule has 0 atom stereocenters. The first-order chi connectivity index (χ1) is 5.20. The van der Waals surface area contributed by atoms with Crippen LogP contribution in [0.1, 0.15) is 0 Å². The lowest BCUT2D eigenvalue weighted by atomic mass is 10.6. The van der Waals surface area contributed by atoms with Crippen molar-refractivity contribution < 1.29 is 5.21 Å². The van der Waals surface area contributed by atoms with Crippen LogP contribution in [0.15, 0.2) is 18.3 Å². The fourth-order valence-electron chi connectivity index (χ4n) is 0.751. The largest absolute Gasteiger partial charge is 0.427 e. The molecule has 11 heavy (non-hydrogen) atoms. The minimum absolute atomic E-state index is 0.707. The number of aromatic nitrogens is 1.